The zero-order chi connectivity index (χ0) is 13.7. The fourth-order valence-corrected chi connectivity index (χ4v) is 1.81. The molecular formula is C14H18N4O. The molecule has 1 aromatic carbocycles. The van der Waals surface area contributed by atoms with Gasteiger partial charge in [-0.2, -0.15) is 0 Å². The summed E-state index contributed by atoms with van der Waals surface area (Å²) in [5.41, 5.74) is 7.33. The average molecular weight is 258 g/mol. The summed E-state index contributed by atoms with van der Waals surface area (Å²) in [7, 11) is 0. The van der Waals surface area contributed by atoms with E-state index in [1.807, 2.05) is 31.2 Å². The van der Waals surface area contributed by atoms with Crippen LogP contribution >= 0.6 is 0 Å². The molecule has 0 aliphatic rings. The van der Waals surface area contributed by atoms with Crippen molar-refractivity contribution in [3.05, 3.63) is 52.6 Å². The van der Waals surface area contributed by atoms with Crippen LogP contribution in [0.15, 0.2) is 41.5 Å². The Morgan fingerprint density at radius 2 is 2.05 bits per heavy atom. The summed E-state index contributed by atoms with van der Waals surface area (Å²) in [6, 6.07) is 7.53. The van der Waals surface area contributed by atoms with Gasteiger partial charge in [0.15, 0.2) is 5.82 Å². The number of anilines is 2. The summed E-state index contributed by atoms with van der Waals surface area (Å²) in [6.07, 6.45) is 4.27. The summed E-state index contributed by atoms with van der Waals surface area (Å²) in [4.78, 5) is 16.1. The lowest BCUT2D eigenvalue weighted by Crippen LogP contribution is -2.24. The summed E-state index contributed by atoms with van der Waals surface area (Å²) < 4.78 is 1.66. The molecule has 2 aromatic rings. The summed E-state index contributed by atoms with van der Waals surface area (Å²) in [6.45, 7) is 3.30. The molecule has 5 heteroatoms. The van der Waals surface area contributed by atoms with Crippen LogP contribution in [0.25, 0.3) is 0 Å². The van der Waals surface area contributed by atoms with Crippen LogP contribution in [-0.2, 0) is 13.1 Å². The maximum Gasteiger partial charge on any atom is 0.293 e. The highest BCUT2D eigenvalue weighted by atomic mass is 16.1. The van der Waals surface area contributed by atoms with Gasteiger partial charge in [0.2, 0.25) is 0 Å². The highest BCUT2D eigenvalue weighted by Crippen LogP contribution is 2.06. The minimum Gasteiger partial charge on any atom is -0.399 e. The van der Waals surface area contributed by atoms with Gasteiger partial charge in [-0.25, -0.2) is 4.98 Å². The second-order valence-electron chi connectivity index (χ2n) is 4.37. The molecule has 0 unspecified atom stereocenters. The molecule has 19 heavy (non-hydrogen) atoms. The van der Waals surface area contributed by atoms with Crippen LogP contribution in [0.3, 0.4) is 0 Å². The van der Waals surface area contributed by atoms with Gasteiger partial charge in [0, 0.05) is 31.2 Å². The number of benzene rings is 1. The van der Waals surface area contributed by atoms with Crippen LogP contribution < -0.4 is 16.6 Å². The van der Waals surface area contributed by atoms with Crippen molar-refractivity contribution in [2.75, 3.05) is 11.1 Å². The first-order valence-corrected chi connectivity index (χ1v) is 6.34. The molecule has 2 rings (SSSR count). The van der Waals surface area contributed by atoms with E-state index in [0.29, 0.717) is 18.9 Å². The van der Waals surface area contributed by atoms with Crippen LogP contribution in [0, 0.1) is 0 Å². The van der Waals surface area contributed by atoms with Gasteiger partial charge in [0.25, 0.3) is 5.56 Å². The minimum absolute atomic E-state index is 0.0835. The Balaban J connectivity index is 2.09. The van der Waals surface area contributed by atoms with E-state index in [9.17, 15) is 4.79 Å². The van der Waals surface area contributed by atoms with Gasteiger partial charge in [0.1, 0.15) is 0 Å². The Kier molecular flexibility index (Phi) is 4.18. The van der Waals surface area contributed by atoms with Gasteiger partial charge in [-0.1, -0.05) is 19.1 Å². The first-order valence-electron chi connectivity index (χ1n) is 6.34. The van der Waals surface area contributed by atoms with Gasteiger partial charge in [0.05, 0.1) is 0 Å². The zero-order valence-corrected chi connectivity index (χ0v) is 11.0. The number of nitrogen functional groups attached to an aromatic ring is 1. The van der Waals surface area contributed by atoms with Crippen molar-refractivity contribution in [2.24, 2.45) is 0 Å². The molecule has 0 saturated heterocycles. The predicted octanol–water partition coefficient (Wildman–Crippen LogP) is 1.85. The van der Waals surface area contributed by atoms with Crippen molar-refractivity contribution in [1.29, 1.82) is 0 Å². The number of aromatic nitrogens is 2. The SMILES string of the molecule is CCCn1ccnc(NCc2ccc(N)cc2)c1=O. The van der Waals surface area contributed by atoms with E-state index in [-0.39, 0.29) is 5.56 Å². The van der Waals surface area contributed by atoms with E-state index in [4.69, 9.17) is 5.73 Å². The molecule has 0 amide bonds. The molecule has 0 radical (unpaired) electrons. The lowest BCUT2D eigenvalue weighted by molar-refractivity contribution is 0.649. The normalized spacial score (nSPS) is 10.4. The smallest absolute Gasteiger partial charge is 0.293 e. The van der Waals surface area contributed by atoms with Crippen molar-refractivity contribution >= 4 is 11.5 Å². The minimum atomic E-state index is -0.0835. The zero-order valence-electron chi connectivity index (χ0n) is 11.0. The first kappa shape index (κ1) is 13.1. The average Bonchev–Trinajstić information content (AvgIpc) is 2.42. The molecule has 0 saturated carbocycles. The van der Waals surface area contributed by atoms with Gasteiger partial charge >= 0.3 is 0 Å². The van der Waals surface area contributed by atoms with Crippen molar-refractivity contribution in [1.82, 2.24) is 9.55 Å². The number of nitrogens with one attached hydrogen (secondary N) is 1. The van der Waals surface area contributed by atoms with Crippen molar-refractivity contribution in [3.63, 3.8) is 0 Å². The van der Waals surface area contributed by atoms with Gasteiger partial charge in [-0.3, -0.25) is 4.79 Å². The number of hydrogen-bond donors (Lipinski definition) is 2. The van der Waals surface area contributed by atoms with E-state index in [0.717, 1.165) is 17.7 Å². The highest BCUT2D eigenvalue weighted by Gasteiger charge is 2.03. The number of nitrogens with zero attached hydrogens (tertiary/aromatic N) is 2. The third kappa shape index (κ3) is 3.34. The lowest BCUT2D eigenvalue weighted by Gasteiger charge is -2.08. The Morgan fingerprint density at radius 3 is 2.74 bits per heavy atom. The van der Waals surface area contributed by atoms with E-state index in [1.54, 1.807) is 17.0 Å². The molecule has 3 N–H and O–H groups in total. The Labute approximate surface area is 112 Å². The standard InChI is InChI=1S/C14H18N4O/c1-2-8-18-9-7-16-13(14(18)19)17-10-11-3-5-12(15)6-4-11/h3-7,9H,2,8,10,15H2,1H3,(H,16,17). The quantitative estimate of drug-likeness (QED) is 0.803. The molecule has 1 heterocycles. The van der Waals surface area contributed by atoms with Gasteiger partial charge in [-0.05, 0) is 24.1 Å². The van der Waals surface area contributed by atoms with Gasteiger partial charge < -0.3 is 15.6 Å². The van der Waals surface area contributed by atoms with E-state index in [2.05, 4.69) is 10.3 Å². The number of aryl methyl sites for hydroxylation is 1. The molecule has 0 aliphatic heterocycles. The molecule has 0 atom stereocenters. The van der Waals surface area contributed by atoms with Crippen molar-refractivity contribution in [3.8, 4) is 0 Å². The summed E-state index contributed by atoms with van der Waals surface area (Å²) in [5.74, 6) is 0.382. The van der Waals surface area contributed by atoms with Crippen LogP contribution in [-0.4, -0.2) is 9.55 Å². The maximum absolute atomic E-state index is 12.1. The van der Waals surface area contributed by atoms with E-state index >= 15 is 0 Å². The molecule has 0 bridgehead atoms. The summed E-state index contributed by atoms with van der Waals surface area (Å²) >= 11 is 0. The summed E-state index contributed by atoms with van der Waals surface area (Å²) in [5, 5.41) is 3.06. The maximum atomic E-state index is 12.1. The first-order chi connectivity index (χ1) is 9.20. The second-order valence-corrected chi connectivity index (χ2v) is 4.37. The molecule has 0 aliphatic carbocycles. The lowest BCUT2D eigenvalue weighted by atomic mass is 10.2. The Hall–Kier alpha value is -2.30. The van der Waals surface area contributed by atoms with Gasteiger partial charge in [-0.15, -0.1) is 0 Å². The van der Waals surface area contributed by atoms with Crippen LogP contribution in [0.2, 0.25) is 0 Å². The van der Waals surface area contributed by atoms with Crippen LogP contribution in [0.4, 0.5) is 11.5 Å². The molecule has 0 spiro atoms. The molecule has 100 valence electrons. The topological polar surface area (TPSA) is 72.9 Å². The highest BCUT2D eigenvalue weighted by molar-refractivity contribution is 5.40. The number of hydrogen-bond acceptors (Lipinski definition) is 4. The second kappa shape index (κ2) is 6.04. The molecule has 1 aromatic heterocycles. The third-order valence-electron chi connectivity index (χ3n) is 2.82. The molecule has 5 nitrogen and oxygen atoms in total. The largest absolute Gasteiger partial charge is 0.399 e. The predicted molar refractivity (Wildman–Crippen MR) is 77.0 cm³/mol. The Morgan fingerprint density at radius 1 is 1.32 bits per heavy atom. The fourth-order valence-electron chi connectivity index (χ4n) is 1.81. The van der Waals surface area contributed by atoms with Crippen molar-refractivity contribution < 1.29 is 0 Å². The van der Waals surface area contributed by atoms with Crippen molar-refractivity contribution in [2.45, 2.75) is 26.4 Å². The van der Waals surface area contributed by atoms with E-state index in [1.165, 1.54) is 0 Å². The third-order valence-corrected chi connectivity index (χ3v) is 2.82. The number of rotatable bonds is 5. The monoisotopic (exact) mass is 258 g/mol. The Bertz CT molecular complexity index is 589. The van der Waals surface area contributed by atoms with E-state index < -0.39 is 0 Å². The molecular weight excluding hydrogens is 240 g/mol. The fraction of sp³-hybridized carbons (Fsp3) is 0.286. The van der Waals surface area contributed by atoms with Crippen LogP contribution in [0.5, 0.6) is 0 Å². The molecule has 0 fully saturated rings. The number of nitrogens with two attached hydrogens (primary N) is 1. The van der Waals surface area contributed by atoms with Crippen LogP contribution in [0.1, 0.15) is 18.9 Å².